The van der Waals surface area contributed by atoms with Crippen molar-refractivity contribution >= 4 is 5.91 Å². The predicted octanol–water partition coefficient (Wildman–Crippen LogP) is 2.40. The summed E-state index contributed by atoms with van der Waals surface area (Å²) in [6.07, 6.45) is 2.03. The largest absolute Gasteiger partial charge is 0.488 e. The molecule has 0 aliphatic rings. The fraction of sp³-hybridized carbons (Fsp3) is 0.562. The van der Waals surface area contributed by atoms with Crippen LogP contribution in [0.4, 0.5) is 0 Å². The lowest BCUT2D eigenvalue weighted by atomic mass is 10.2. The number of rotatable bonds is 8. The number of para-hydroxylation sites is 1. The van der Waals surface area contributed by atoms with E-state index in [-0.39, 0.29) is 18.1 Å². The van der Waals surface area contributed by atoms with Crippen LogP contribution in [0.15, 0.2) is 24.3 Å². The van der Waals surface area contributed by atoms with Gasteiger partial charge >= 0.3 is 0 Å². The lowest BCUT2D eigenvalue weighted by molar-refractivity contribution is -0.121. The highest BCUT2D eigenvalue weighted by atomic mass is 16.5. The van der Waals surface area contributed by atoms with Crippen LogP contribution in [0.25, 0.3) is 0 Å². The van der Waals surface area contributed by atoms with Crippen LogP contribution < -0.4 is 15.8 Å². The Morgan fingerprint density at radius 3 is 2.70 bits per heavy atom. The molecule has 1 aromatic carbocycles. The van der Waals surface area contributed by atoms with Crippen molar-refractivity contribution in [2.75, 3.05) is 6.54 Å². The molecule has 112 valence electrons. The Morgan fingerprint density at radius 1 is 1.40 bits per heavy atom. The molecule has 4 heteroatoms. The third-order valence-electron chi connectivity index (χ3n) is 3.20. The van der Waals surface area contributed by atoms with Crippen molar-refractivity contribution in [1.82, 2.24) is 5.32 Å². The van der Waals surface area contributed by atoms with Gasteiger partial charge in [0.1, 0.15) is 11.9 Å². The Bertz CT molecular complexity index is 419. The monoisotopic (exact) mass is 278 g/mol. The first-order valence-electron chi connectivity index (χ1n) is 7.27. The zero-order valence-electron chi connectivity index (χ0n) is 12.7. The SMILES string of the molecule is CCC(CNC(=O)CCC(C)N)Oc1ccccc1C. The minimum Gasteiger partial charge on any atom is -0.488 e. The van der Waals surface area contributed by atoms with Gasteiger partial charge in [-0.1, -0.05) is 25.1 Å². The lowest BCUT2D eigenvalue weighted by Gasteiger charge is -2.19. The highest BCUT2D eigenvalue weighted by Crippen LogP contribution is 2.18. The average Bonchev–Trinajstić information content (AvgIpc) is 2.43. The van der Waals surface area contributed by atoms with Crippen LogP contribution in [0.5, 0.6) is 5.75 Å². The number of aryl methyl sites for hydroxylation is 1. The van der Waals surface area contributed by atoms with Crippen LogP contribution in [0, 0.1) is 6.92 Å². The number of carbonyl (C=O) groups is 1. The van der Waals surface area contributed by atoms with E-state index >= 15 is 0 Å². The van der Waals surface area contributed by atoms with E-state index in [1.54, 1.807) is 0 Å². The van der Waals surface area contributed by atoms with Crippen LogP contribution in [-0.4, -0.2) is 24.6 Å². The van der Waals surface area contributed by atoms with Crippen LogP contribution in [0.2, 0.25) is 0 Å². The molecule has 0 saturated heterocycles. The number of hydrogen-bond acceptors (Lipinski definition) is 3. The Balaban J connectivity index is 2.40. The summed E-state index contributed by atoms with van der Waals surface area (Å²) >= 11 is 0. The molecular formula is C16H26N2O2. The van der Waals surface area contributed by atoms with E-state index in [0.29, 0.717) is 19.4 Å². The number of hydrogen-bond donors (Lipinski definition) is 2. The van der Waals surface area contributed by atoms with Gasteiger partial charge in [-0.25, -0.2) is 0 Å². The highest BCUT2D eigenvalue weighted by molar-refractivity contribution is 5.75. The van der Waals surface area contributed by atoms with Crippen molar-refractivity contribution in [1.29, 1.82) is 0 Å². The normalized spacial score (nSPS) is 13.6. The van der Waals surface area contributed by atoms with Gasteiger partial charge < -0.3 is 15.8 Å². The molecule has 3 N–H and O–H groups in total. The summed E-state index contributed by atoms with van der Waals surface area (Å²) in [5.41, 5.74) is 6.74. The first kappa shape index (κ1) is 16.5. The molecule has 0 aromatic heterocycles. The van der Waals surface area contributed by atoms with Gasteiger partial charge in [0.15, 0.2) is 0 Å². The molecule has 1 aromatic rings. The fourth-order valence-electron chi connectivity index (χ4n) is 1.81. The fourth-order valence-corrected chi connectivity index (χ4v) is 1.81. The van der Waals surface area contributed by atoms with E-state index in [1.807, 2.05) is 38.1 Å². The summed E-state index contributed by atoms with van der Waals surface area (Å²) < 4.78 is 5.93. The molecule has 1 rings (SSSR count). The van der Waals surface area contributed by atoms with Gasteiger partial charge in [-0.3, -0.25) is 4.79 Å². The number of benzene rings is 1. The van der Waals surface area contributed by atoms with E-state index in [2.05, 4.69) is 12.2 Å². The number of nitrogens with one attached hydrogen (secondary N) is 1. The molecule has 0 bridgehead atoms. The molecule has 0 aliphatic heterocycles. The quantitative estimate of drug-likeness (QED) is 0.767. The van der Waals surface area contributed by atoms with E-state index in [9.17, 15) is 4.79 Å². The maximum absolute atomic E-state index is 11.7. The average molecular weight is 278 g/mol. The van der Waals surface area contributed by atoms with Gasteiger partial charge in [0.05, 0.1) is 6.54 Å². The molecule has 0 fully saturated rings. The van der Waals surface area contributed by atoms with Crippen molar-refractivity contribution < 1.29 is 9.53 Å². The van der Waals surface area contributed by atoms with E-state index in [0.717, 1.165) is 17.7 Å². The summed E-state index contributed by atoms with van der Waals surface area (Å²) in [5.74, 6) is 0.915. The van der Waals surface area contributed by atoms with Gasteiger partial charge in [-0.15, -0.1) is 0 Å². The molecule has 4 nitrogen and oxygen atoms in total. The van der Waals surface area contributed by atoms with Crippen LogP contribution >= 0.6 is 0 Å². The Hall–Kier alpha value is -1.55. The third-order valence-corrected chi connectivity index (χ3v) is 3.20. The number of carbonyl (C=O) groups excluding carboxylic acids is 1. The molecule has 2 atom stereocenters. The molecule has 0 spiro atoms. The number of ether oxygens (including phenoxy) is 1. The second-order valence-electron chi connectivity index (χ2n) is 5.23. The highest BCUT2D eigenvalue weighted by Gasteiger charge is 2.11. The topological polar surface area (TPSA) is 64.4 Å². The van der Waals surface area contributed by atoms with Crippen molar-refractivity contribution in [3.8, 4) is 5.75 Å². The van der Waals surface area contributed by atoms with Crippen molar-refractivity contribution in [3.63, 3.8) is 0 Å². The molecule has 1 amide bonds. The van der Waals surface area contributed by atoms with Gasteiger partial charge in [0.25, 0.3) is 0 Å². The summed E-state index contributed by atoms with van der Waals surface area (Å²) in [6.45, 7) is 6.51. The van der Waals surface area contributed by atoms with Gasteiger partial charge in [0.2, 0.25) is 5.91 Å². The third kappa shape index (κ3) is 6.06. The number of nitrogens with two attached hydrogens (primary N) is 1. The number of amides is 1. The maximum Gasteiger partial charge on any atom is 0.220 e. The molecule has 0 aliphatic carbocycles. The first-order valence-corrected chi connectivity index (χ1v) is 7.27. The van der Waals surface area contributed by atoms with Crippen molar-refractivity contribution in [2.45, 2.75) is 52.2 Å². The molecule has 0 radical (unpaired) electrons. The summed E-state index contributed by atoms with van der Waals surface area (Å²) in [5, 5.41) is 2.91. The van der Waals surface area contributed by atoms with Gasteiger partial charge in [-0.2, -0.15) is 0 Å². The predicted molar refractivity (Wildman–Crippen MR) is 81.8 cm³/mol. The standard InChI is InChI=1S/C16H26N2O2/c1-4-14(11-18-16(19)10-9-13(3)17)20-15-8-6-5-7-12(15)2/h5-8,13-14H,4,9-11,17H2,1-3H3,(H,18,19). The summed E-state index contributed by atoms with van der Waals surface area (Å²) in [4.78, 5) is 11.7. The van der Waals surface area contributed by atoms with Crippen LogP contribution in [0.3, 0.4) is 0 Å². The van der Waals surface area contributed by atoms with Gasteiger partial charge in [-0.05, 0) is 38.3 Å². The van der Waals surface area contributed by atoms with Crippen molar-refractivity contribution in [2.24, 2.45) is 5.73 Å². The zero-order chi connectivity index (χ0) is 15.0. The Labute approximate surface area is 121 Å². The van der Waals surface area contributed by atoms with Crippen molar-refractivity contribution in [3.05, 3.63) is 29.8 Å². The Kier molecular flexibility index (Phi) is 7.09. The molecule has 2 unspecified atom stereocenters. The van der Waals surface area contributed by atoms with Crippen LogP contribution in [0.1, 0.15) is 38.7 Å². The van der Waals surface area contributed by atoms with Crippen LogP contribution in [-0.2, 0) is 4.79 Å². The zero-order valence-corrected chi connectivity index (χ0v) is 12.7. The van der Waals surface area contributed by atoms with Gasteiger partial charge in [0, 0.05) is 12.5 Å². The molecular weight excluding hydrogens is 252 g/mol. The summed E-state index contributed by atoms with van der Waals surface area (Å²) in [7, 11) is 0. The lowest BCUT2D eigenvalue weighted by Crippen LogP contribution is -2.35. The second kappa shape index (κ2) is 8.59. The van der Waals surface area contributed by atoms with E-state index < -0.39 is 0 Å². The molecule has 20 heavy (non-hydrogen) atoms. The molecule has 0 heterocycles. The Morgan fingerprint density at radius 2 is 2.10 bits per heavy atom. The first-order chi connectivity index (χ1) is 9.52. The minimum absolute atomic E-state index is 0.00431. The van der Waals surface area contributed by atoms with E-state index in [1.165, 1.54) is 0 Å². The smallest absolute Gasteiger partial charge is 0.220 e. The van der Waals surface area contributed by atoms with E-state index in [4.69, 9.17) is 10.5 Å². The molecule has 0 saturated carbocycles. The summed E-state index contributed by atoms with van der Waals surface area (Å²) in [6, 6.07) is 7.97. The minimum atomic E-state index is -0.00431. The maximum atomic E-state index is 11.7. The second-order valence-corrected chi connectivity index (χ2v) is 5.23.